The number of morpholine rings is 1. The molecule has 0 aromatic rings. The van der Waals surface area contributed by atoms with Crippen molar-refractivity contribution in [3.63, 3.8) is 0 Å². The van der Waals surface area contributed by atoms with E-state index >= 15 is 0 Å². The van der Waals surface area contributed by atoms with Gasteiger partial charge in [-0.1, -0.05) is 0 Å². The van der Waals surface area contributed by atoms with Crippen LogP contribution in [-0.2, 0) is 4.74 Å². The minimum atomic E-state index is 0. The van der Waals surface area contributed by atoms with E-state index < -0.39 is 0 Å². The molecule has 0 radical (unpaired) electrons. The largest absolute Gasteiger partial charge is 0.379 e. The molecule has 0 aromatic heterocycles. The molecule has 1 aliphatic rings. The SMILES string of the molecule is C[CH-]CN1CCOCC1.[Rf]. The van der Waals surface area contributed by atoms with E-state index in [0.717, 1.165) is 32.8 Å². The van der Waals surface area contributed by atoms with Crippen LogP contribution in [0, 0.1) is 6.42 Å². The number of nitrogens with zero attached hydrogens (tertiary/aromatic N) is 1. The van der Waals surface area contributed by atoms with Gasteiger partial charge < -0.3 is 16.1 Å². The van der Waals surface area contributed by atoms with Crippen molar-refractivity contribution >= 4 is 0 Å². The van der Waals surface area contributed by atoms with Crippen molar-refractivity contribution in [2.75, 3.05) is 32.8 Å². The van der Waals surface area contributed by atoms with Crippen LogP contribution in [0.15, 0.2) is 0 Å². The van der Waals surface area contributed by atoms with Crippen molar-refractivity contribution in [1.29, 1.82) is 0 Å². The number of ether oxygens (including phenoxy) is 1. The zero-order chi connectivity index (χ0) is 6.53. The molecule has 10 heavy (non-hydrogen) atoms. The van der Waals surface area contributed by atoms with Gasteiger partial charge in [-0.3, -0.25) is 0 Å². The standard InChI is InChI=1S/C7H14NO.Rf/c1-2-3-8-4-6-9-7-5-8;/h2H,3-7H2,1H3;/q-1;. The Bertz CT molecular complexity index is 71.3. The predicted molar refractivity (Wildman–Crippen MR) is 37.2 cm³/mol. The third-order valence-electron chi connectivity index (χ3n) is 1.54. The first-order valence-electron chi connectivity index (χ1n) is 3.51. The molecule has 0 aromatic carbocycles. The van der Waals surface area contributed by atoms with Crippen molar-refractivity contribution in [2.24, 2.45) is 0 Å². The van der Waals surface area contributed by atoms with E-state index in [1.54, 1.807) is 0 Å². The second-order valence-electron chi connectivity index (χ2n) is 2.32. The molecule has 0 bridgehead atoms. The summed E-state index contributed by atoms with van der Waals surface area (Å²) in [7, 11) is 0. The van der Waals surface area contributed by atoms with Crippen molar-refractivity contribution in [2.45, 2.75) is 6.92 Å². The Morgan fingerprint density at radius 1 is 1.40 bits per heavy atom. The molecule has 0 saturated carbocycles. The van der Waals surface area contributed by atoms with Crippen molar-refractivity contribution < 1.29 is 4.74 Å². The maximum atomic E-state index is 5.19. The normalized spacial score (nSPS) is 20.1. The molecule has 56 valence electrons. The Hall–Kier alpha value is -1.08. The third kappa shape index (κ3) is 2.46. The molecule has 0 amide bonds. The second-order valence-corrected chi connectivity index (χ2v) is 2.32. The number of hydrogen-bond donors (Lipinski definition) is 0. The molecule has 2 nitrogen and oxygen atoms in total. The summed E-state index contributed by atoms with van der Waals surface area (Å²) in [6, 6.07) is 0. The van der Waals surface area contributed by atoms with Gasteiger partial charge in [-0.15, -0.1) is 6.54 Å². The summed E-state index contributed by atoms with van der Waals surface area (Å²) >= 11 is 0. The smallest absolute Gasteiger partial charge is 0.0593 e. The van der Waals surface area contributed by atoms with Crippen LogP contribution in [0.2, 0.25) is 0 Å². The summed E-state index contributed by atoms with van der Waals surface area (Å²) < 4.78 is 5.19. The summed E-state index contributed by atoms with van der Waals surface area (Å²) in [6.45, 7) is 7.23. The molecule has 3 heteroatoms. The molecule has 0 aliphatic carbocycles. The molecular weight excluding hydrogens is 381 g/mol. The Labute approximate surface area is 56.8 Å². The molecule has 1 rings (SSSR count). The number of rotatable bonds is 2. The van der Waals surface area contributed by atoms with E-state index in [2.05, 4.69) is 18.2 Å². The topological polar surface area (TPSA) is 12.5 Å². The zero-order valence-electron chi connectivity index (χ0n) is 6.68. The van der Waals surface area contributed by atoms with Crippen LogP contribution >= 0.6 is 0 Å². The molecule has 1 heterocycles. The molecule has 0 unspecified atom stereocenters. The van der Waals surface area contributed by atoms with E-state index in [9.17, 15) is 0 Å². The van der Waals surface area contributed by atoms with E-state index in [0.29, 0.717) is 0 Å². The van der Waals surface area contributed by atoms with E-state index in [1.807, 2.05) is 0 Å². The molecule has 0 atom stereocenters. The van der Waals surface area contributed by atoms with Gasteiger partial charge in [-0.05, 0) is 0 Å². The zero-order valence-corrected chi connectivity index (χ0v) is 13.1. The molecular formula is C7H14NORf-. The van der Waals surface area contributed by atoms with Gasteiger partial charge in [0, 0.05) is 13.1 Å². The summed E-state index contributed by atoms with van der Waals surface area (Å²) in [5, 5.41) is 0. The molecule has 0 spiro atoms. The molecule has 1 fully saturated rings. The minimum Gasteiger partial charge on any atom is -0.379 e. The molecule has 1 saturated heterocycles. The predicted octanol–water partition coefficient (Wildman–Crippen LogP) is 0.543. The van der Waals surface area contributed by atoms with Crippen LogP contribution in [-0.4, -0.2) is 37.7 Å². The Morgan fingerprint density at radius 3 is 2.50 bits per heavy atom. The monoisotopic (exact) mass is 395 g/mol. The van der Waals surface area contributed by atoms with Crippen LogP contribution in [0.4, 0.5) is 0 Å². The van der Waals surface area contributed by atoms with Gasteiger partial charge in [-0.2, -0.15) is 6.92 Å². The summed E-state index contributed by atoms with van der Waals surface area (Å²) in [4.78, 5) is 2.39. The van der Waals surface area contributed by atoms with Gasteiger partial charge in [0.05, 0.1) is 13.2 Å². The first-order valence-corrected chi connectivity index (χ1v) is 3.51. The van der Waals surface area contributed by atoms with Crippen molar-refractivity contribution in [3.05, 3.63) is 6.42 Å². The van der Waals surface area contributed by atoms with E-state index in [1.165, 1.54) is 0 Å². The van der Waals surface area contributed by atoms with E-state index in [4.69, 9.17) is 4.74 Å². The molecule has 1 aliphatic heterocycles. The average molecular weight is 395 g/mol. The Kier molecular flexibility index (Phi) is 4.25. The fourth-order valence-corrected chi connectivity index (χ4v) is 1.04. The van der Waals surface area contributed by atoms with Crippen molar-refractivity contribution in [3.8, 4) is 0 Å². The first-order chi connectivity index (χ1) is 4.43. The van der Waals surface area contributed by atoms with Gasteiger partial charge in [0.15, 0.2) is 0 Å². The van der Waals surface area contributed by atoms with Gasteiger partial charge in [0.2, 0.25) is 0 Å². The van der Waals surface area contributed by atoms with Crippen molar-refractivity contribution in [1.82, 2.24) is 4.90 Å². The average Bonchev–Trinajstić information content (AvgIpc) is 1.91. The van der Waals surface area contributed by atoms with Crippen LogP contribution in [0.1, 0.15) is 6.92 Å². The van der Waals surface area contributed by atoms with Crippen LogP contribution in [0.25, 0.3) is 0 Å². The van der Waals surface area contributed by atoms with Gasteiger partial charge >= 0.3 is 0 Å². The summed E-state index contributed by atoms with van der Waals surface area (Å²) in [6.07, 6.45) is 2.19. The Morgan fingerprint density at radius 2 is 2.00 bits per heavy atom. The second kappa shape index (κ2) is 4.77. The van der Waals surface area contributed by atoms with Gasteiger partial charge in [-0.25, -0.2) is 0 Å². The maximum Gasteiger partial charge on any atom is 0.0593 e. The van der Waals surface area contributed by atoms with Gasteiger partial charge in [0.1, 0.15) is 0 Å². The van der Waals surface area contributed by atoms with Gasteiger partial charge in [0.25, 0.3) is 0 Å². The first kappa shape index (κ1) is 8.92. The summed E-state index contributed by atoms with van der Waals surface area (Å²) in [5.74, 6) is 0. The fraction of sp³-hybridized carbons (Fsp3) is 0.857. The quantitative estimate of drug-likeness (QED) is 0.634. The fourth-order valence-electron chi connectivity index (χ4n) is 1.04. The van der Waals surface area contributed by atoms with Crippen LogP contribution in [0.3, 0.4) is 0 Å². The third-order valence-corrected chi connectivity index (χ3v) is 1.54. The number of hydrogen-bond acceptors (Lipinski definition) is 2. The van der Waals surface area contributed by atoms with E-state index in [-0.39, 0.29) is 0 Å². The van der Waals surface area contributed by atoms with Crippen LogP contribution in [0.5, 0.6) is 0 Å². The molecule has 0 N–H and O–H groups in total. The summed E-state index contributed by atoms with van der Waals surface area (Å²) in [5.41, 5.74) is 0. The van der Waals surface area contributed by atoms with Crippen LogP contribution < -0.4 is 0 Å². The Balaban J connectivity index is 0.000000810. The minimum absolute atomic E-state index is 0. The maximum absolute atomic E-state index is 5.19.